The number of fused-ring (bicyclic) bond motifs is 2. The molecule has 0 radical (unpaired) electrons. The second-order valence-electron chi connectivity index (χ2n) is 18.0. The van der Waals surface area contributed by atoms with Crippen LogP contribution in [0.25, 0.3) is 23.0 Å². The quantitative estimate of drug-likeness (QED) is 0.125. The van der Waals surface area contributed by atoms with Crippen molar-refractivity contribution in [2.24, 2.45) is 10.8 Å². The third-order valence-electron chi connectivity index (χ3n) is 9.55. The first-order valence-corrected chi connectivity index (χ1v) is 20.3. The Morgan fingerprint density at radius 2 is 1.16 bits per heavy atom. The number of aromatic nitrogens is 6. The molecule has 4 heterocycles. The van der Waals surface area contributed by atoms with Crippen LogP contribution in [0.4, 0.5) is 11.6 Å². The number of aryl methyl sites for hydroxylation is 2. The molecule has 0 aliphatic heterocycles. The van der Waals surface area contributed by atoms with Gasteiger partial charge >= 0.3 is 0 Å². The van der Waals surface area contributed by atoms with Gasteiger partial charge in [0.1, 0.15) is 35.4 Å². The fourth-order valence-electron chi connectivity index (χ4n) is 7.16. The van der Waals surface area contributed by atoms with Gasteiger partial charge in [-0.2, -0.15) is 0 Å². The summed E-state index contributed by atoms with van der Waals surface area (Å²) >= 11 is 6.09. The van der Waals surface area contributed by atoms with Gasteiger partial charge in [0.05, 0.1) is 13.1 Å². The van der Waals surface area contributed by atoms with Crippen molar-refractivity contribution in [1.29, 1.82) is 0 Å². The fraction of sp³-hybridized carbons (Fsp3) is 0.545. The van der Waals surface area contributed by atoms with Crippen molar-refractivity contribution >= 4 is 34.8 Å². The molecular formula is C44H60ClN9O3. The lowest BCUT2D eigenvalue weighted by atomic mass is 9.90. The summed E-state index contributed by atoms with van der Waals surface area (Å²) < 4.78 is 5.86. The molecule has 0 spiro atoms. The van der Waals surface area contributed by atoms with E-state index in [1.807, 2.05) is 50.1 Å². The Kier molecular flexibility index (Phi) is 14.4. The van der Waals surface area contributed by atoms with Crippen LogP contribution in [0, 0.1) is 10.8 Å². The van der Waals surface area contributed by atoms with Crippen LogP contribution in [0.15, 0.2) is 36.7 Å². The topological polar surface area (TPSA) is 130 Å². The van der Waals surface area contributed by atoms with E-state index in [0.29, 0.717) is 60.6 Å². The van der Waals surface area contributed by atoms with E-state index in [1.54, 1.807) is 24.5 Å². The zero-order valence-corrected chi connectivity index (χ0v) is 36.3. The molecule has 13 heteroatoms. The van der Waals surface area contributed by atoms with Gasteiger partial charge in [-0.15, -0.1) is 0 Å². The normalized spacial score (nSPS) is 13.5. The first kappa shape index (κ1) is 43.6. The van der Waals surface area contributed by atoms with E-state index in [-0.39, 0.29) is 22.4 Å². The molecule has 4 aromatic rings. The molecular weight excluding hydrogens is 738 g/mol. The molecule has 0 unspecified atom stereocenters. The SMILES string of the molecule is CN(C)CCOc1ccnc(-c2nc3c(c(N(C)CC(=O)CC(C)(C)C)n2)CCC3)c1.CN(CC(=O)CC(C)(C)C)c1nc(-c2cc(Cl)ccn2)nc2c1CCC2. The first-order valence-electron chi connectivity index (χ1n) is 20.0. The Hall–Kier alpha value is -4.55. The molecule has 12 nitrogen and oxygen atoms in total. The van der Waals surface area contributed by atoms with Crippen molar-refractivity contribution in [2.45, 2.75) is 92.9 Å². The molecule has 0 saturated heterocycles. The zero-order valence-electron chi connectivity index (χ0n) is 35.6. The first-order chi connectivity index (χ1) is 26.8. The monoisotopic (exact) mass is 797 g/mol. The highest BCUT2D eigenvalue weighted by Crippen LogP contribution is 2.33. The van der Waals surface area contributed by atoms with E-state index in [9.17, 15) is 9.59 Å². The lowest BCUT2D eigenvalue weighted by Crippen LogP contribution is -2.30. The molecule has 0 N–H and O–H groups in total. The van der Waals surface area contributed by atoms with E-state index in [1.165, 1.54) is 0 Å². The van der Waals surface area contributed by atoms with Crippen molar-refractivity contribution in [3.63, 3.8) is 0 Å². The van der Waals surface area contributed by atoms with Gasteiger partial charge in [-0.1, -0.05) is 53.1 Å². The maximum absolute atomic E-state index is 12.6. The van der Waals surface area contributed by atoms with Gasteiger partial charge in [0, 0.05) is 79.5 Å². The van der Waals surface area contributed by atoms with E-state index in [0.717, 1.165) is 85.0 Å². The van der Waals surface area contributed by atoms with Crippen LogP contribution in [0.5, 0.6) is 5.75 Å². The lowest BCUT2D eigenvalue weighted by molar-refractivity contribution is -0.120. The number of pyridine rings is 2. The number of nitrogens with zero attached hydrogens (tertiary/aromatic N) is 9. The minimum absolute atomic E-state index is 0.0125. The van der Waals surface area contributed by atoms with Gasteiger partial charge in [-0.25, -0.2) is 19.9 Å². The van der Waals surface area contributed by atoms with Gasteiger partial charge in [0.15, 0.2) is 23.2 Å². The van der Waals surface area contributed by atoms with Crippen molar-refractivity contribution in [1.82, 2.24) is 34.8 Å². The Labute approximate surface area is 343 Å². The Morgan fingerprint density at radius 1 is 0.684 bits per heavy atom. The highest BCUT2D eigenvalue weighted by Gasteiger charge is 2.26. The second-order valence-corrected chi connectivity index (χ2v) is 18.4. The molecule has 0 bridgehead atoms. The number of halogens is 1. The van der Waals surface area contributed by atoms with Crippen molar-refractivity contribution in [3.05, 3.63) is 64.2 Å². The minimum atomic E-state index is -0.0202. The van der Waals surface area contributed by atoms with Gasteiger partial charge in [0.2, 0.25) is 0 Å². The van der Waals surface area contributed by atoms with Crippen molar-refractivity contribution in [2.75, 3.05) is 64.2 Å². The average Bonchev–Trinajstić information content (AvgIpc) is 3.79. The highest BCUT2D eigenvalue weighted by molar-refractivity contribution is 6.30. The van der Waals surface area contributed by atoms with Crippen LogP contribution in [-0.2, 0) is 35.3 Å². The Balaban J connectivity index is 0.000000221. The standard InChI is InChI=1S/C24H35N5O2.C20H25ClN4O/c1-24(2,3)15-17(30)16-29(6)23-19-8-7-9-20(19)26-22(27-23)21-14-18(10-11-25-21)31-13-12-28(4)5;1-20(2,3)11-14(26)12-25(4)19-15-6-5-7-16(15)23-18(24-19)17-10-13(21)8-9-22-17/h10-11,14H,7-9,12-13,15-16H2,1-6H3;8-10H,5-7,11-12H2,1-4H3. The molecule has 0 aromatic carbocycles. The number of carbonyl (C=O) groups is 2. The fourth-order valence-corrected chi connectivity index (χ4v) is 7.32. The Morgan fingerprint density at radius 3 is 1.61 bits per heavy atom. The molecule has 0 fully saturated rings. The highest BCUT2D eigenvalue weighted by atomic mass is 35.5. The second kappa shape index (κ2) is 18.8. The molecule has 0 amide bonds. The number of ketones is 2. The number of rotatable bonds is 14. The van der Waals surface area contributed by atoms with Crippen LogP contribution < -0.4 is 14.5 Å². The number of ether oxygens (including phenoxy) is 1. The summed E-state index contributed by atoms with van der Waals surface area (Å²) in [6.07, 6.45) is 10.4. The van der Waals surface area contributed by atoms with Gasteiger partial charge < -0.3 is 19.4 Å². The molecule has 0 atom stereocenters. The van der Waals surface area contributed by atoms with Crippen LogP contribution in [0.2, 0.25) is 5.02 Å². The predicted octanol–water partition coefficient (Wildman–Crippen LogP) is 7.53. The Bertz CT molecular complexity index is 2040. The molecule has 4 aromatic heterocycles. The van der Waals surface area contributed by atoms with E-state index < -0.39 is 0 Å². The van der Waals surface area contributed by atoms with E-state index >= 15 is 0 Å². The molecule has 2 aliphatic rings. The third kappa shape index (κ3) is 12.7. The molecule has 306 valence electrons. The molecule has 57 heavy (non-hydrogen) atoms. The molecule has 6 rings (SSSR count). The lowest BCUT2D eigenvalue weighted by Gasteiger charge is -2.23. The number of anilines is 2. The summed E-state index contributed by atoms with van der Waals surface area (Å²) in [5, 5.41) is 0.606. The summed E-state index contributed by atoms with van der Waals surface area (Å²) in [4.78, 5) is 58.9. The van der Waals surface area contributed by atoms with E-state index in [2.05, 4.69) is 56.4 Å². The largest absolute Gasteiger partial charge is 0.492 e. The predicted molar refractivity (Wildman–Crippen MR) is 228 cm³/mol. The van der Waals surface area contributed by atoms with Crippen LogP contribution >= 0.6 is 11.6 Å². The maximum atomic E-state index is 12.6. The number of likely N-dealkylation sites (N-methyl/N-ethyl adjacent to an activating group) is 3. The van der Waals surface area contributed by atoms with Crippen molar-refractivity contribution in [3.8, 4) is 28.8 Å². The number of carbonyl (C=O) groups excluding carboxylic acids is 2. The van der Waals surface area contributed by atoms with Crippen LogP contribution in [0.1, 0.15) is 89.7 Å². The van der Waals surface area contributed by atoms with Crippen molar-refractivity contribution < 1.29 is 14.3 Å². The van der Waals surface area contributed by atoms with Gasteiger partial charge in [-0.05, 0) is 81.6 Å². The zero-order chi connectivity index (χ0) is 41.5. The smallest absolute Gasteiger partial charge is 0.180 e. The van der Waals surface area contributed by atoms with Gasteiger partial charge in [0.25, 0.3) is 0 Å². The number of hydrogen-bond donors (Lipinski definition) is 0. The average molecular weight is 798 g/mol. The third-order valence-corrected chi connectivity index (χ3v) is 9.78. The summed E-state index contributed by atoms with van der Waals surface area (Å²) in [5.74, 6) is 4.03. The maximum Gasteiger partial charge on any atom is 0.180 e. The summed E-state index contributed by atoms with van der Waals surface area (Å²) in [5.41, 5.74) is 5.75. The summed E-state index contributed by atoms with van der Waals surface area (Å²) in [7, 11) is 7.91. The number of Topliss-reactive ketones (excluding diaryl/α,β-unsaturated/α-hetero) is 2. The molecule has 0 saturated carbocycles. The number of hydrogen-bond acceptors (Lipinski definition) is 12. The van der Waals surface area contributed by atoms with Crippen LogP contribution in [-0.4, -0.2) is 101 Å². The van der Waals surface area contributed by atoms with Gasteiger partial charge in [-0.3, -0.25) is 19.6 Å². The summed E-state index contributed by atoms with van der Waals surface area (Å²) in [6, 6.07) is 7.25. The van der Waals surface area contributed by atoms with E-state index in [4.69, 9.17) is 36.3 Å². The molecule has 2 aliphatic carbocycles. The minimum Gasteiger partial charge on any atom is -0.492 e. The summed E-state index contributed by atoms with van der Waals surface area (Å²) in [6.45, 7) is 14.6. The van der Waals surface area contributed by atoms with Crippen LogP contribution in [0.3, 0.4) is 0 Å².